The first kappa shape index (κ1) is 30.1. The molecule has 0 aliphatic carbocycles. The van der Waals surface area contributed by atoms with Crippen molar-refractivity contribution in [2.45, 2.75) is 0 Å². The van der Waals surface area contributed by atoms with Gasteiger partial charge in [0.15, 0.2) is 0 Å². The quantitative estimate of drug-likeness (QED) is 0.161. The standard InChI is InChI=1S/C52H34/c1-3-13-35(14-4-1)44-32-45(36-15-5-2-6-16-36)34-46(33-44)40-26-23-38-25-28-42(31-43(38)30-40)52-49-21-11-9-19-47(49)51(48-20-10-12-22-50(48)52)41-27-24-37-17-7-8-18-39(37)29-41/h1-34H. The fourth-order valence-corrected chi connectivity index (χ4v) is 8.07. The second-order valence-corrected chi connectivity index (χ2v) is 13.7. The SMILES string of the molecule is c1ccc(-c2cc(-c3ccccc3)cc(-c3ccc4ccc(-c5c6ccccc6c(-c6ccc7ccccc7c6)c6ccccc56)cc4c3)c2)cc1. The summed E-state index contributed by atoms with van der Waals surface area (Å²) in [5, 5.41) is 10.1. The van der Waals surface area contributed by atoms with Crippen LogP contribution in [-0.2, 0) is 0 Å². The Morgan fingerprint density at radius 1 is 0.173 bits per heavy atom. The molecule has 0 aliphatic heterocycles. The van der Waals surface area contributed by atoms with Crippen molar-refractivity contribution in [1.29, 1.82) is 0 Å². The third-order valence-electron chi connectivity index (χ3n) is 10.6. The maximum atomic E-state index is 2.39. The predicted octanol–water partition coefficient (Wildman–Crippen LogP) is 14.6. The molecule has 52 heavy (non-hydrogen) atoms. The molecular weight excluding hydrogens is 625 g/mol. The van der Waals surface area contributed by atoms with Crippen LogP contribution >= 0.6 is 0 Å². The topological polar surface area (TPSA) is 0 Å². The number of hydrogen-bond donors (Lipinski definition) is 0. The molecule has 0 amide bonds. The van der Waals surface area contributed by atoms with Crippen LogP contribution in [0.5, 0.6) is 0 Å². The molecule has 0 N–H and O–H groups in total. The van der Waals surface area contributed by atoms with Gasteiger partial charge >= 0.3 is 0 Å². The highest BCUT2D eigenvalue weighted by Gasteiger charge is 2.17. The van der Waals surface area contributed by atoms with Gasteiger partial charge in [-0.15, -0.1) is 0 Å². The molecule has 10 aromatic carbocycles. The molecule has 0 spiro atoms. The lowest BCUT2D eigenvalue weighted by atomic mass is 9.85. The highest BCUT2D eigenvalue weighted by molar-refractivity contribution is 6.22. The molecular formula is C52H34. The van der Waals surface area contributed by atoms with Crippen LogP contribution in [0.25, 0.3) is 98.7 Å². The maximum Gasteiger partial charge on any atom is -0.00262 e. The van der Waals surface area contributed by atoms with E-state index in [1.54, 1.807) is 0 Å². The summed E-state index contributed by atoms with van der Waals surface area (Å²) in [4.78, 5) is 0. The zero-order valence-electron chi connectivity index (χ0n) is 28.6. The number of fused-ring (bicyclic) bond motifs is 4. The first-order valence-electron chi connectivity index (χ1n) is 18.0. The van der Waals surface area contributed by atoms with Gasteiger partial charge in [-0.2, -0.15) is 0 Å². The fourth-order valence-electron chi connectivity index (χ4n) is 8.07. The molecule has 10 rings (SSSR count). The van der Waals surface area contributed by atoms with Gasteiger partial charge in [0, 0.05) is 0 Å². The number of benzene rings is 10. The van der Waals surface area contributed by atoms with Gasteiger partial charge in [0.2, 0.25) is 0 Å². The van der Waals surface area contributed by atoms with Crippen molar-refractivity contribution in [3.05, 3.63) is 206 Å². The van der Waals surface area contributed by atoms with Crippen molar-refractivity contribution < 1.29 is 0 Å². The van der Waals surface area contributed by atoms with Crippen molar-refractivity contribution in [3.8, 4) is 55.6 Å². The monoisotopic (exact) mass is 658 g/mol. The van der Waals surface area contributed by atoms with Crippen LogP contribution < -0.4 is 0 Å². The van der Waals surface area contributed by atoms with Crippen LogP contribution in [0.2, 0.25) is 0 Å². The zero-order chi connectivity index (χ0) is 34.4. The molecule has 0 fully saturated rings. The number of rotatable bonds is 5. The second kappa shape index (κ2) is 12.5. The van der Waals surface area contributed by atoms with Gasteiger partial charge in [-0.1, -0.05) is 170 Å². The third-order valence-corrected chi connectivity index (χ3v) is 10.6. The summed E-state index contributed by atoms with van der Waals surface area (Å²) >= 11 is 0. The van der Waals surface area contributed by atoms with E-state index in [0.717, 1.165) is 0 Å². The Kier molecular flexibility index (Phi) is 7.25. The van der Waals surface area contributed by atoms with Crippen molar-refractivity contribution in [1.82, 2.24) is 0 Å². The van der Waals surface area contributed by atoms with Crippen molar-refractivity contribution in [2.75, 3.05) is 0 Å². The van der Waals surface area contributed by atoms with E-state index in [1.807, 2.05) is 0 Å². The first-order valence-corrected chi connectivity index (χ1v) is 18.0. The van der Waals surface area contributed by atoms with Crippen molar-refractivity contribution in [3.63, 3.8) is 0 Å². The molecule has 0 saturated carbocycles. The lowest BCUT2D eigenvalue weighted by Gasteiger charge is -2.18. The predicted molar refractivity (Wildman–Crippen MR) is 224 cm³/mol. The minimum atomic E-state index is 1.21. The van der Waals surface area contributed by atoms with Gasteiger partial charge in [0.25, 0.3) is 0 Å². The highest BCUT2D eigenvalue weighted by Crippen LogP contribution is 2.45. The largest absolute Gasteiger partial charge is 0.0622 e. The van der Waals surface area contributed by atoms with E-state index in [0.29, 0.717) is 0 Å². The molecule has 0 aliphatic rings. The smallest absolute Gasteiger partial charge is 0.00262 e. The first-order chi connectivity index (χ1) is 25.8. The average Bonchev–Trinajstić information content (AvgIpc) is 3.22. The highest BCUT2D eigenvalue weighted by atomic mass is 14.2. The zero-order valence-corrected chi connectivity index (χ0v) is 28.6. The Hall–Kier alpha value is -6.76. The van der Waals surface area contributed by atoms with Gasteiger partial charge in [0.1, 0.15) is 0 Å². The van der Waals surface area contributed by atoms with Crippen LogP contribution in [-0.4, -0.2) is 0 Å². The maximum absolute atomic E-state index is 2.39. The van der Waals surface area contributed by atoms with Crippen molar-refractivity contribution in [2.24, 2.45) is 0 Å². The molecule has 0 nitrogen and oxygen atoms in total. The third kappa shape index (κ3) is 5.25. The van der Waals surface area contributed by atoms with E-state index in [2.05, 4.69) is 206 Å². The van der Waals surface area contributed by atoms with Crippen LogP contribution in [0.15, 0.2) is 206 Å². The normalized spacial score (nSPS) is 11.5. The molecule has 0 aromatic heterocycles. The molecule has 0 bridgehead atoms. The summed E-state index contributed by atoms with van der Waals surface area (Å²) in [6.07, 6.45) is 0. The Morgan fingerprint density at radius 3 is 1.02 bits per heavy atom. The molecule has 0 heteroatoms. The molecule has 242 valence electrons. The van der Waals surface area contributed by atoms with Crippen LogP contribution in [0.3, 0.4) is 0 Å². The Labute approximate surface area is 303 Å². The van der Waals surface area contributed by atoms with E-state index in [1.165, 1.54) is 98.7 Å². The minimum absolute atomic E-state index is 1.21. The summed E-state index contributed by atoms with van der Waals surface area (Å²) in [5.74, 6) is 0. The van der Waals surface area contributed by atoms with Crippen LogP contribution in [0.4, 0.5) is 0 Å². The summed E-state index contributed by atoms with van der Waals surface area (Å²) in [6, 6.07) is 75.6. The van der Waals surface area contributed by atoms with E-state index >= 15 is 0 Å². The van der Waals surface area contributed by atoms with E-state index in [9.17, 15) is 0 Å². The van der Waals surface area contributed by atoms with Gasteiger partial charge in [-0.3, -0.25) is 0 Å². The summed E-state index contributed by atoms with van der Waals surface area (Å²) in [7, 11) is 0. The summed E-state index contributed by atoms with van der Waals surface area (Å²) in [5.41, 5.74) is 12.3. The number of hydrogen-bond acceptors (Lipinski definition) is 0. The van der Waals surface area contributed by atoms with Crippen LogP contribution in [0.1, 0.15) is 0 Å². The fraction of sp³-hybridized carbons (Fsp3) is 0. The molecule has 0 radical (unpaired) electrons. The Bertz CT molecular complexity index is 2820. The molecule has 0 saturated heterocycles. The average molecular weight is 659 g/mol. The molecule has 0 atom stereocenters. The van der Waals surface area contributed by atoms with Gasteiger partial charge in [-0.25, -0.2) is 0 Å². The van der Waals surface area contributed by atoms with E-state index < -0.39 is 0 Å². The molecule has 0 heterocycles. The van der Waals surface area contributed by atoms with E-state index in [-0.39, 0.29) is 0 Å². The lowest BCUT2D eigenvalue weighted by molar-refractivity contribution is 1.57. The van der Waals surface area contributed by atoms with Gasteiger partial charge in [0.05, 0.1) is 0 Å². The van der Waals surface area contributed by atoms with E-state index in [4.69, 9.17) is 0 Å². The molecule has 10 aromatic rings. The Morgan fingerprint density at radius 2 is 0.519 bits per heavy atom. The van der Waals surface area contributed by atoms with Crippen LogP contribution in [0, 0.1) is 0 Å². The summed E-state index contributed by atoms with van der Waals surface area (Å²) < 4.78 is 0. The van der Waals surface area contributed by atoms with Crippen molar-refractivity contribution >= 4 is 43.1 Å². The summed E-state index contributed by atoms with van der Waals surface area (Å²) in [6.45, 7) is 0. The second-order valence-electron chi connectivity index (χ2n) is 13.7. The van der Waals surface area contributed by atoms with Gasteiger partial charge < -0.3 is 0 Å². The Balaban J connectivity index is 1.16. The lowest BCUT2D eigenvalue weighted by Crippen LogP contribution is -1.91. The molecule has 0 unspecified atom stereocenters. The van der Waals surface area contributed by atoms with Gasteiger partial charge in [-0.05, 0) is 135 Å². The minimum Gasteiger partial charge on any atom is -0.0622 e.